The maximum atomic E-state index is 12.6. The summed E-state index contributed by atoms with van der Waals surface area (Å²) in [5.41, 5.74) is 1.08. The van der Waals surface area contributed by atoms with Crippen LogP contribution in [0.2, 0.25) is 0 Å². The van der Waals surface area contributed by atoms with E-state index in [0.29, 0.717) is 24.2 Å². The van der Waals surface area contributed by atoms with E-state index in [4.69, 9.17) is 9.47 Å². The SMILES string of the molecule is O=C(Oc1ccc(Oc2ccc(C(F)(F)F)cn2)cc1)N1CCc2ccccc21. The van der Waals surface area contributed by atoms with Crippen LogP contribution in [-0.4, -0.2) is 17.6 Å². The largest absolute Gasteiger partial charge is 0.439 e. The van der Waals surface area contributed by atoms with Gasteiger partial charge in [0.15, 0.2) is 0 Å². The Morgan fingerprint density at radius 1 is 0.966 bits per heavy atom. The van der Waals surface area contributed by atoms with Crippen LogP contribution < -0.4 is 14.4 Å². The predicted octanol–water partition coefficient (Wildman–Crippen LogP) is 5.45. The lowest BCUT2D eigenvalue weighted by Crippen LogP contribution is -2.31. The first-order chi connectivity index (χ1) is 13.9. The van der Waals surface area contributed by atoms with E-state index in [1.165, 1.54) is 0 Å². The summed E-state index contributed by atoms with van der Waals surface area (Å²) in [5.74, 6) is 0.701. The van der Waals surface area contributed by atoms with Crippen LogP contribution >= 0.6 is 0 Å². The van der Waals surface area contributed by atoms with Crippen LogP contribution in [0.5, 0.6) is 17.4 Å². The Labute approximate surface area is 164 Å². The standard InChI is InChI=1S/C21H15F3N2O3/c22-21(23,24)15-5-10-19(25-13-15)28-16-6-8-17(9-7-16)29-20(27)26-12-11-14-3-1-2-4-18(14)26/h1-10,13H,11-12H2. The first kappa shape index (κ1) is 18.8. The third-order valence-electron chi connectivity index (χ3n) is 4.42. The molecule has 3 aromatic rings. The lowest BCUT2D eigenvalue weighted by molar-refractivity contribution is -0.137. The molecule has 4 rings (SSSR count). The van der Waals surface area contributed by atoms with Gasteiger partial charge in [0.25, 0.3) is 0 Å². The van der Waals surface area contributed by atoms with Crippen molar-refractivity contribution in [2.75, 3.05) is 11.4 Å². The van der Waals surface area contributed by atoms with E-state index in [-0.39, 0.29) is 5.88 Å². The molecule has 1 aliphatic rings. The van der Waals surface area contributed by atoms with Gasteiger partial charge in [-0.1, -0.05) is 18.2 Å². The molecule has 1 amide bonds. The van der Waals surface area contributed by atoms with Crippen molar-refractivity contribution in [1.29, 1.82) is 0 Å². The van der Waals surface area contributed by atoms with Crippen molar-refractivity contribution in [3.8, 4) is 17.4 Å². The molecule has 29 heavy (non-hydrogen) atoms. The molecular formula is C21H15F3N2O3. The number of carbonyl (C=O) groups excluding carboxylic acids is 1. The molecule has 5 nitrogen and oxygen atoms in total. The topological polar surface area (TPSA) is 51.7 Å². The summed E-state index contributed by atoms with van der Waals surface area (Å²) in [4.78, 5) is 17.7. The highest BCUT2D eigenvalue weighted by molar-refractivity contribution is 5.91. The molecule has 0 atom stereocenters. The number of nitrogens with zero attached hydrogens (tertiary/aromatic N) is 2. The summed E-state index contributed by atoms with van der Waals surface area (Å²) < 4.78 is 48.5. The molecule has 1 aliphatic heterocycles. The number of rotatable bonds is 3. The molecule has 148 valence electrons. The third kappa shape index (κ3) is 4.16. The normalized spacial score (nSPS) is 13.1. The van der Waals surface area contributed by atoms with Crippen LogP contribution in [0.25, 0.3) is 0 Å². The highest BCUT2D eigenvalue weighted by atomic mass is 19.4. The molecule has 2 heterocycles. The van der Waals surface area contributed by atoms with Gasteiger partial charge in [-0.25, -0.2) is 9.78 Å². The molecule has 0 N–H and O–H groups in total. The number of carbonyl (C=O) groups is 1. The van der Waals surface area contributed by atoms with Crippen LogP contribution in [-0.2, 0) is 12.6 Å². The molecule has 0 spiro atoms. The van der Waals surface area contributed by atoms with Gasteiger partial charge < -0.3 is 9.47 Å². The van der Waals surface area contributed by atoms with E-state index in [1.807, 2.05) is 24.3 Å². The second-order valence-corrected chi connectivity index (χ2v) is 6.35. The zero-order chi connectivity index (χ0) is 20.4. The average Bonchev–Trinajstić information content (AvgIpc) is 3.13. The molecule has 0 fully saturated rings. The Hall–Kier alpha value is -3.55. The number of alkyl halides is 3. The lowest BCUT2D eigenvalue weighted by Gasteiger charge is -2.16. The van der Waals surface area contributed by atoms with Crippen molar-refractivity contribution in [3.05, 3.63) is 78.0 Å². The van der Waals surface area contributed by atoms with Crippen LogP contribution in [0.4, 0.5) is 23.7 Å². The van der Waals surface area contributed by atoms with E-state index < -0.39 is 17.8 Å². The molecule has 1 aromatic heterocycles. The average molecular weight is 400 g/mol. The molecule has 8 heteroatoms. The van der Waals surface area contributed by atoms with Crippen molar-refractivity contribution in [1.82, 2.24) is 4.98 Å². The Balaban J connectivity index is 1.39. The summed E-state index contributed by atoms with van der Waals surface area (Å²) in [6.45, 7) is 0.555. The number of anilines is 1. The zero-order valence-corrected chi connectivity index (χ0v) is 15.0. The smallest absolute Gasteiger partial charge is 0.419 e. The Kier molecular flexibility index (Phi) is 4.84. The van der Waals surface area contributed by atoms with Gasteiger partial charge in [-0.2, -0.15) is 13.2 Å². The van der Waals surface area contributed by atoms with E-state index in [9.17, 15) is 18.0 Å². The van der Waals surface area contributed by atoms with Crippen molar-refractivity contribution in [3.63, 3.8) is 0 Å². The zero-order valence-electron chi connectivity index (χ0n) is 15.0. The van der Waals surface area contributed by atoms with Crippen LogP contribution in [0.1, 0.15) is 11.1 Å². The van der Waals surface area contributed by atoms with Gasteiger partial charge in [0.1, 0.15) is 11.5 Å². The number of ether oxygens (including phenoxy) is 2. The number of hydrogen-bond acceptors (Lipinski definition) is 4. The maximum absolute atomic E-state index is 12.6. The van der Waals surface area contributed by atoms with Gasteiger partial charge in [-0.3, -0.25) is 4.90 Å². The fourth-order valence-corrected chi connectivity index (χ4v) is 2.99. The summed E-state index contributed by atoms with van der Waals surface area (Å²) in [5, 5.41) is 0. The summed E-state index contributed by atoms with van der Waals surface area (Å²) >= 11 is 0. The Bertz CT molecular complexity index is 1020. The number of pyridine rings is 1. The number of amides is 1. The van der Waals surface area contributed by atoms with Gasteiger partial charge in [-0.05, 0) is 48.4 Å². The van der Waals surface area contributed by atoms with Crippen molar-refractivity contribution in [2.24, 2.45) is 0 Å². The monoisotopic (exact) mass is 400 g/mol. The van der Waals surface area contributed by atoms with E-state index in [2.05, 4.69) is 4.98 Å². The second kappa shape index (κ2) is 7.46. The quantitative estimate of drug-likeness (QED) is 0.586. The van der Waals surface area contributed by atoms with Crippen LogP contribution in [0.15, 0.2) is 66.9 Å². The van der Waals surface area contributed by atoms with E-state index >= 15 is 0 Å². The molecule has 0 saturated heterocycles. The fourth-order valence-electron chi connectivity index (χ4n) is 2.99. The van der Waals surface area contributed by atoms with E-state index in [1.54, 1.807) is 29.2 Å². The maximum Gasteiger partial charge on any atom is 0.419 e. The molecule has 0 saturated carbocycles. The molecule has 0 radical (unpaired) electrons. The molecular weight excluding hydrogens is 385 g/mol. The van der Waals surface area contributed by atoms with Crippen LogP contribution in [0.3, 0.4) is 0 Å². The first-order valence-corrected chi connectivity index (χ1v) is 8.78. The molecule has 2 aromatic carbocycles. The lowest BCUT2D eigenvalue weighted by atomic mass is 10.2. The minimum Gasteiger partial charge on any atom is -0.439 e. The molecule has 0 unspecified atom stereocenters. The number of para-hydroxylation sites is 1. The third-order valence-corrected chi connectivity index (χ3v) is 4.42. The minimum absolute atomic E-state index is 0.0245. The predicted molar refractivity (Wildman–Crippen MR) is 99.3 cm³/mol. The number of fused-ring (bicyclic) bond motifs is 1. The number of halogens is 3. The van der Waals surface area contributed by atoms with E-state index in [0.717, 1.165) is 29.8 Å². The second-order valence-electron chi connectivity index (χ2n) is 6.35. The van der Waals surface area contributed by atoms with Gasteiger partial charge >= 0.3 is 12.3 Å². The van der Waals surface area contributed by atoms with Crippen LogP contribution in [0, 0.1) is 0 Å². The van der Waals surface area contributed by atoms with Gasteiger partial charge in [-0.15, -0.1) is 0 Å². The number of hydrogen-bond donors (Lipinski definition) is 0. The Morgan fingerprint density at radius 3 is 2.38 bits per heavy atom. The summed E-state index contributed by atoms with van der Waals surface area (Å²) in [7, 11) is 0. The number of benzene rings is 2. The van der Waals surface area contributed by atoms with Crippen molar-refractivity contribution < 1.29 is 27.4 Å². The fraction of sp³-hybridized carbons (Fsp3) is 0.143. The summed E-state index contributed by atoms with van der Waals surface area (Å²) in [6, 6.07) is 15.8. The van der Waals surface area contributed by atoms with Gasteiger partial charge in [0.2, 0.25) is 5.88 Å². The van der Waals surface area contributed by atoms with Crippen molar-refractivity contribution in [2.45, 2.75) is 12.6 Å². The Morgan fingerprint density at radius 2 is 1.69 bits per heavy atom. The highest BCUT2D eigenvalue weighted by Crippen LogP contribution is 2.31. The first-order valence-electron chi connectivity index (χ1n) is 8.78. The molecule has 0 aliphatic carbocycles. The number of aromatic nitrogens is 1. The minimum atomic E-state index is -4.45. The van der Waals surface area contributed by atoms with Gasteiger partial charge in [0.05, 0.1) is 11.3 Å². The summed E-state index contributed by atoms with van der Waals surface area (Å²) in [6.07, 6.45) is -3.45. The highest BCUT2D eigenvalue weighted by Gasteiger charge is 2.30. The van der Waals surface area contributed by atoms with Crippen molar-refractivity contribution >= 4 is 11.8 Å². The van der Waals surface area contributed by atoms with Gasteiger partial charge in [0, 0.05) is 18.8 Å². The molecule has 0 bridgehead atoms.